The third kappa shape index (κ3) is 2.49. The Morgan fingerprint density at radius 3 is 2.67 bits per heavy atom. The van der Waals surface area contributed by atoms with Crippen LogP contribution in [-0.2, 0) is 0 Å². The molecule has 0 amide bonds. The van der Waals surface area contributed by atoms with Crippen molar-refractivity contribution in [3.05, 3.63) is 29.3 Å². The van der Waals surface area contributed by atoms with Gasteiger partial charge in [-0.25, -0.2) is 0 Å². The molecule has 0 bridgehead atoms. The predicted octanol–water partition coefficient (Wildman–Crippen LogP) is 3.56. The summed E-state index contributed by atoms with van der Waals surface area (Å²) in [5.74, 6) is 0.589. The molecule has 3 unspecified atom stereocenters. The molecular formula is C12H16ClNS. The number of hydrogen-bond donors (Lipinski definition) is 1. The van der Waals surface area contributed by atoms with Gasteiger partial charge in [0.2, 0.25) is 0 Å². The van der Waals surface area contributed by atoms with Crippen molar-refractivity contribution in [2.45, 2.75) is 36.0 Å². The maximum atomic E-state index is 6.13. The number of thioether (sulfide) groups is 1. The van der Waals surface area contributed by atoms with E-state index < -0.39 is 0 Å². The highest BCUT2D eigenvalue weighted by molar-refractivity contribution is 8.00. The second-order valence-corrected chi connectivity index (χ2v) is 5.88. The van der Waals surface area contributed by atoms with Gasteiger partial charge in [-0.2, -0.15) is 0 Å². The zero-order chi connectivity index (χ0) is 10.8. The Labute approximate surface area is 100 Å². The topological polar surface area (TPSA) is 26.0 Å². The first-order valence-electron chi connectivity index (χ1n) is 5.35. The van der Waals surface area contributed by atoms with E-state index in [1.165, 1.54) is 11.3 Å². The maximum Gasteiger partial charge on any atom is 0.0541 e. The molecule has 1 aromatic carbocycles. The van der Waals surface area contributed by atoms with Crippen LogP contribution >= 0.6 is 23.4 Å². The second-order valence-electron chi connectivity index (χ2n) is 4.19. The number of hydrogen-bond acceptors (Lipinski definition) is 2. The van der Waals surface area contributed by atoms with E-state index in [0.717, 1.165) is 11.4 Å². The van der Waals surface area contributed by atoms with Crippen LogP contribution in [0.4, 0.5) is 0 Å². The Morgan fingerprint density at radius 1 is 1.33 bits per heavy atom. The lowest BCUT2D eigenvalue weighted by Crippen LogP contribution is -2.25. The summed E-state index contributed by atoms with van der Waals surface area (Å²) in [4.78, 5) is 1.19. The summed E-state index contributed by atoms with van der Waals surface area (Å²) in [5.41, 5.74) is 6.01. The van der Waals surface area contributed by atoms with Crippen LogP contribution in [0.1, 0.15) is 19.8 Å². The summed E-state index contributed by atoms with van der Waals surface area (Å²) < 4.78 is 0. The fourth-order valence-electron chi connectivity index (χ4n) is 2.03. The van der Waals surface area contributed by atoms with Gasteiger partial charge in [0, 0.05) is 16.2 Å². The fourth-order valence-corrected chi connectivity index (χ4v) is 3.63. The van der Waals surface area contributed by atoms with Crippen molar-refractivity contribution in [3.8, 4) is 0 Å². The molecule has 3 heteroatoms. The van der Waals surface area contributed by atoms with Crippen LogP contribution in [0.15, 0.2) is 29.2 Å². The highest BCUT2D eigenvalue weighted by Crippen LogP contribution is 2.40. The molecule has 1 aliphatic carbocycles. The van der Waals surface area contributed by atoms with Crippen molar-refractivity contribution in [1.82, 2.24) is 0 Å². The van der Waals surface area contributed by atoms with E-state index in [1.807, 2.05) is 30.0 Å². The smallest absolute Gasteiger partial charge is 0.0541 e. The van der Waals surface area contributed by atoms with Crippen molar-refractivity contribution in [2.24, 2.45) is 11.7 Å². The van der Waals surface area contributed by atoms with E-state index in [4.69, 9.17) is 17.3 Å². The summed E-state index contributed by atoms with van der Waals surface area (Å²) in [5, 5.41) is 1.48. The van der Waals surface area contributed by atoms with Gasteiger partial charge in [-0.05, 0) is 30.9 Å². The molecule has 1 fully saturated rings. The Balaban J connectivity index is 2.07. The molecule has 15 heavy (non-hydrogen) atoms. The third-order valence-corrected chi connectivity index (χ3v) is 5.18. The number of rotatable bonds is 2. The van der Waals surface area contributed by atoms with Crippen LogP contribution in [0.2, 0.25) is 5.02 Å². The Kier molecular flexibility index (Phi) is 3.60. The molecule has 0 radical (unpaired) electrons. The van der Waals surface area contributed by atoms with Gasteiger partial charge < -0.3 is 5.73 Å². The summed E-state index contributed by atoms with van der Waals surface area (Å²) in [6, 6.07) is 8.40. The minimum absolute atomic E-state index is 0.366. The van der Waals surface area contributed by atoms with E-state index in [0.29, 0.717) is 17.2 Å². The van der Waals surface area contributed by atoms with Crippen LogP contribution in [-0.4, -0.2) is 11.3 Å². The minimum atomic E-state index is 0.366. The van der Waals surface area contributed by atoms with Crippen LogP contribution < -0.4 is 5.73 Å². The van der Waals surface area contributed by atoms with Gasteiger partial charge in [-0.3, -0.25) is 0 Å². The Hall–Kier alpha value is -0.180. The molecule has 3 atom stereocenters. The van der Waals surface area contributed by atoms with Gasteiger partial charge >= 0.3 is 0 Å². The molecular weight excluding hydrogens is 226 g/mol. The number of halogens is 1. The average molecular weight is 242 g/mol. The molecule has 0 aliphatic heterocycles. The van der Waals surface area contributed by atoms with Gasteiger partial charge in [0.1, 0.15) is 0 Å². The summed E-state index contributed by atoms with van der Waals surface area (Å²) in [7, 11) is 0. The highest BCUT2D eigenvalue weighted by Gasteiger charge is 2.31. The Bertz CT molecular complexity index is 342. The molecule has 1 aliphatic rings. The zero-order valence-corrected chi connectivity index (χ0v) is 10.4. The second kappa shape index (κ2) is 4.77. The number of benzene rings is 1. The van der Waals surface area contributed by atoms with Crippen LogP contribution in [0, 0.1) is 5.92 Å². The van der Waals surface area contributed by atoms with E-state index >= 15 is 0 Å². The van der Waals surface area contributed by atoms with Crippen molar-refractivity contribution in [3.63, 3.8) is 0 Å². The van der Waals surface area contributed by atoms with Crippen molar-refractivity contribution in [2.75, 3.05) is 0 Å². The molecule has 0 saturated heterocycles. The van der Waals surface area contributed by atoms with Gasteiger partial charge in [-0.15, -0.1) is 11.8 Å². The summed E-state index contributed by atoms with van der Waals surface area (Å²) >= 11 is 8.01. The molecule has 1 aromatic rings. The average Bonchev–Trinajstić information content (AvgIpc) is 2.53. The number of nitrogens with two attached hydrogens (primary N) is 1. The van der Waals surface area contributed by atoms with Crippen LogP contribution in [0.5, 0.6) is 0 Å². The largest absolute Gasteiger partial charge is 0.327 e. The van der Waals surface area contributed by atoms with Gasteiger partial charge in [0.05, 0.1) is 5.02 Å². The van der Waals surface area contributed by atoms with E-state index in [9.17, 15) is 0 Å². The monoisotopic (exact) mass is 241 g/mol. The normalized spacial score (nSPS) is 30.7. The zero-order valence-electron chi connectivity index (χ0n) is 8.82. The van der Waals surface area contributed by atoms with Crippen molar-refractivity contribution < 1.29 is 0 Å². The van der Waals surface area contributed by atoms with Crippen molar-refractivity contribution >= 4 is 23.4 Å². The van der Waals surface area contributed by atoms with Crippen LogP contribution in [0.3, 0.4) is 0 Å². The summed E-state index contributed by atoms with van der Waals surface area (Å²) in [6.45, 7) is 2.24. The molecule has 0 spiro atoms. The van der Waals surface area contributed by atoms with E-state index in [1.54, 1.807) is 0 Å². The quantitative estimate of drug-likeness (QED) is 0.857. The highest BCUT2D eigenvalue weighted by atomic mass is 35.5. The molecule has 2 N–H and O–H groups in total. The van der Waals surface area contributed by atoms with Gasteiger partial charge in [0.15, 0.2) is 0 Å². The molecule has 1 nitrogen and oxygen atoms in total. The molecule has 82 valence electrons. The van der Waals surface area contributed by atoms with Gasteiger partial charge in [0.25, 0.3) is 0 Å². The van der Waals surface area contributed by atoms with E-state index in [-0.39, 0.29) is 0 Å². The lowest BCUT2D eigenvalue weighted by Gasteiger charge is -2.17. The Morgan fingerprint density at radius 2 is 2.07 bits per heavy atom. The minimum Gasteiger partial charge on any atom is -0.327 e. The lowest BCUT2D eigenvalue weighted by molar-refractivity contribution is 0.535. The standard InChI is InChI=1S/C12H16ClNS/c1-8-10(14)6-7-11(8)15-12-5-3-2-4-9(12)13/h2-5,8,10-11H,6-7,14H2,1H3. The molecule has 0 heterocycles. The van der Waals surface area contributed by atoms with Crippen molar-refractivity contribution in [1.29, 1.82) is 0 Å². The first kappa shape index (κ1) is 11.3. The maximum absolute atomic E-state index is 6.13. The summed E-state index contributed by atoms with van der Waals surface area (Å²) in [6.07, 6.45) is 2.35. The lowest BCUT2D eigenvalue weighted by atomic mass is 10.1. The fraction of sp³-hybridized carbons (Fsp3) is 0.500. The predicted molar refractivity (Wildman–Crippen MR) is 67.5 cm³/mol. The first-order valence-corrected chi connectivity index (χ1v) is 6.61. The first-order chi connectivity index (χ1) is 7.18. The molecule has 1 saturated carbocycles. The van der Waals surface area contributed by atoms with Gasteiger partial charge in [-0.1, -0.05) is 30.7 Å². The van der Waals surface area contributed by atoms with Crippen LogP contribution in [0.25, 0.3) is 0 Å². The van der Waals surface area contributed by atoms with E-state index in [2.05, 4.69) is 13.0 Å². The third-order valence-electron chi connectivity index (χ3n) is 3.16. The SMILES string of the molecule is CC1C(N)CCC1Sc1ccccc1Cl. The molecule has 0 aromatic heterocycles. The molecule has 2 rings (SSSR count).